The monoisotopic (exact) mass is 211 g/mol. The van der Waals surface area contributed by atoms with E-state index < -0.39 is 0 Å². The van der Waals surface area contributed by atoms with Gasteiger partial charge in [0.25, 0.3) is 0 Å². The molecule has 1 aromatic rings. The Morgan fingerprint density at radius 2 is 2.29 bits per heavy atom. The van der Waals surface area contributed by atoms with Gasteiger partial charge in [-0.3, -0.25) is 5.43 Å². The lowest BCUT2D eigenvalue weighted by molar-refractivity contribution is 0.627. The Hall–Kier alpha value is -1.49. The molecule has 0 unspecified atom stereocenters. The third-order valence-electron chi connectivity index (χ3n) is 1.58. The highest BCUT2D eigenvalue weighted by molar-refractivity contribution is 7.80. The van der Waals surface area contributed by atoms with Gasteiger partial charge in [-0.2, -0.15) is 5.10 Å². The number of nitrogens with one attached hydrogen (secondary N) is 1. The lowest BCUT2D eigenvalue weighted by atomic mass is 10.1. The van der Waals surface area contributed by atoms with Crippen LogP contribution in [-0.4, -0.2) is 10.8 Å². The van der Waals surface area contributed by atoms with Crippen LogP contribution in [0.2, 0.25) is 0 Å². The van der Waals surface area contributed by atoms with Crippen molar-refractivity contribution in [2.75, 3.05) is 0 Å². The number of hydrazone groups is 1. The maximum Gasteiger partial charge on any atom is 0.184 e. The number of thiocarbonyl (C=S) groups is 1. The molecule has 0 heterocycles. The summed E-state index contributed by atoms with van der Waals surface area (Å²) in [7, 11) is 0. The third kappa shape index (κ3) is 3.10. The number of rotatable bonds is 2. The van der Waals surface area contributed by atoms with E-state index in [-0.39, 0.29) is 10.9 Å². The van der Waals surface area contributed by atoms with Gasteiger partial charge in [-0.1, -0.05) is 12.1 Å². The molecule has 0 fully saturated rings. The van der Waals surface area contributed by atoms with E-state index in [0.29, 0.717) is 11.3 Å². The molecule has 0 aliphatic heterocycles. The Labute approximate surface area is 86.8 Å². The minimum absolute atomic E-state index is 0.0840. The Morgan fingerprint density at radius 1 is 1.57 bits per heavy atom. The SMILES string of the molecule is CC(=NNC(N)=S)c1cccc(F)c1. The average Bonchev–Trinajstić information content (AvgIpc) is 2.14. The van der Waals surface area contributed by atoms with Crippen LogP contribution in [0.5, 0.6) is 0 Å². The first kappa shape index (κ1) is 10.6. The molecule has 1 rings (SSSR count). The third-order valence-corrected chi connectivity index (χ3v) is 1.67. The van der Waals surface area contributed by atoms with Crippen LogP contribution in [0.25, 0.3) is 0 Å². The van der Waals surface area contributed by atoms with Crippen molar-refractivity contribution in [2.24, 2.45) is 10.8 Å². The molecular weight excluding hydrogens is 201 g/mol. The van der Waals surface area contributed by atoms with Gasteiger partial charge in [-0.15, -0.1) is 0 Å². The van der Waals surface area contributed by atoms with Crippen molar-refractivity contribution in [3.8, 4) is 0 Å². The summed E-state index contributed by atoms with van der Waals surface area (Å²) in [6.45, 7) is 1.74. The second-order valence-corrected chi connectivity index (χ2v) is 3.12. The molecular formula is C9H10FN3S. The van der Waals surface area contributed by atoms with Crippen LogP contribution in [0.3, 0.4) is 0 Å². The van der Waals surface area contributed by atoms with Crippen LogP contribution >= 0.6 is 12.2 Å². The molecule has 0 aromatic heterocycles. The molecule has 0 atom stereocenters. The molecule has 5 heteroatoms. The maximum absolute atomic E-state index is 12.8. The Balaban J connectivity index is 2.83. The van der Waals surface area contributed by atoms with Crippen molar-refractivity contribution >= 4 is 23.0 Å². The zero-order valence-corrected chi connectivity index (χ0v) is 8.44. The van der Waals surface area contributed by atoms with E-state index in [2.05, 4.69) is 22.7 Å². The number of benzene rings is 1. The van der Waals surface area contributed by atoms with E-state index in [1.807, 2.05) is 0 Å². The van der Waals surface area contributed by atoms with E-state index in [0.717, 1.165) is 0 Å². The second-order valence-electron chi connectivity index (χ2n) is 2.68. The summed E-state index contributed by atoms with van der Waals surface area (Å²) in [6, 6.07) is 6.13. The molecule has 3 N–H and O–H groups in total. The molecule has 0 radical (unpaired) electrons. The van der Waals surface area contributed by atoms with Crippen LogP contribution in [0.15, 0.2) is 29.4 Å². The molecule has 0 saturated carbocycles. The highest BCUT2D eigenvalue weighted by atomic mass is 32.1. The van der Waals surface area contributed by atoms with E-state index in [9.17, 15) is 4.39 Å². The summed E-state index contributed by atoms with van der Waals surface area (Å²) < 4.78 is 12.8. The summed E-state index contributed by atoms with van der Waals surface area (Å²) in [4.78, 5) is 0. The first-order chi connectivity index (χ1) is 6.59. The smallest absolute Gasteiger partial charge is 0.184 e. The summed E-state index contributed by atoms with van der Waals surface area (Å²) in [5.74, 6) is -0.299. The number of nitrogens with two attached hydrogens (primary N) is 1. The molecule has 0 aliphatic rings. The molecule has 0 bridgehead atoms. The standard InChI is InChI=1S/C9H10FN3S/c1-6(12-13-9(11)14)7-3-2-4-8(10)5-7/h2-5H,1H3,(H3,11,13,14). The Bertz CT molecular complexity index is 376. The zero-order chi connectivity index (χ0) is 10.6. The van der Waals surface area contributed by atoms with Gasteiger partial charge in [0.1, 0.15) is 5.82 Å². The zero-order valence-electron chi connectivity index (χ0n) is 7.62. The lowest BCUT2D eigenvalue weighted by Crippen LogP contribution is -2.25. The fourth-order valence-electron chi connectivity index (χ4n) is 0.917. The highest BCUT2D eigenvalue weighted by Gasteiger charge is 1.98. The molecule has 1 aromatic carbocycles. The summed E-state index contributed by atoms with van der Waals surface area (Å²) in [5.41, 5.74) is 8.94. The van der Waals surface area contributed by atoms with Crippen molar-refractivity contribution in [3.05, 3.63) is 35.6 Å². The van der Waals surface area contributed by atoms with E-state index >= 15 is 0 Å². The van der Waals surface area contributed by atoms with Gasteiger partial charge in [-0.25, -0.2) is 4.39 Å². The number of nitrogens with zero attached hydrogens (tertiary/aromatic N) is 1. The lowest BCUT2D eigenvalue weighted by Gasteiger charge is -2.01. The maximum atomic E-state index is 12.8. The van der Waals surface area contributed by atoms with E-state index in [1.54, 1.807) is 19.1 Å². The van der Waals surface area contributed by atoms with Gasteiger partial charge in [0.15, 0.2) is 5.11 Å². The summed E-state index contributed by atoms with van der Waals surface area (Å²) >= 11 is 4.58. The van der Waals surface area contributed by atoms with Crippen LogP contribution in [-0.2, 0) is 0 Å². The predicted molar refractivity (Wildman–Crippen MR) is 58.5 cm³/mol. The minimum Gasteiger partial charge on any atom is -0.375 e. The molecule has 0 saturated heterocycles. The van der Waals surface area contributed by atoms with Crippen LogP contribution in [0.1, 0.15) is 12.5 Å². The normalized spacial score (nSPS) is 11.1. The molecule has 3 nitrogen and oxygen atoms in total. The van der Waals surface area contributed by atoms with Crippen molar-refractivity contribution in [1.29, 1.82) is 0 Å². The fraction of sp³-hybridized carbons (Fsp3) is 0.111. The van der Waals surface area contributed by atoms with E-state index in [4.69, 9.17) is 5.73 Å². The first-order valence-corrected chi connectivity index (χ1v) is 4.36. The number of hydrogen-bond donors (Lipinski definition) is 2. The van der Waals surface area contributed by atoms with Crippen molar-refractivity contribution < 1.29 is 4.39 Å². The van der Waals surface area contributed by atoms with Crippen LogP contribution < -0.4 is 11.2 Å². The van der Waals surface area contributed by atoms with Gasteiger partial charge in [0.05, 0.1) is 5.71 Å². The van der Waals surface area contributed by atoms with Crippen molar-refractivity contribution in [1.82, 2.24) is 5.43 Å². The topological polar surface area (TPSA) is 50.4 Å². The van der Waals surface area contributed by atoms with Gasteiger partial charge < -0.3 is 5.73 Å². The molecule has 0 amide bonds. The van der Waals surface area contributed by atoms with Gasteiger partial charge in [-0.05, 0) is 31.3 Å². The Morgan fingerprint density at radius 3 is 2.86 bits per heavy atom. The second kappa shape index (κ2) is 4.66. The van der Waals surface area contributed by atoms with Gasteiger partial charge in [0, 0.05) is 5.56 Å². The molecule has 14 heavy (non-hydrogen) atoms. The number of halogens is 1. The van der Waals surface area contributed by atoms with Gasteiger partial charge >= 0.3 is 0 Å². The predicted octanol–water partition coefficient (Wildman–Crippen LogP) is 1.38. The first-order valence-electron chi connectivity index (χ1n) is 3.95. The van der Waals surface area contributed by atoms with Crippen molar-refractivity contribution in [2.45, 2.75) is 6.92 Å². The van der Waals surface area contributed by atoms with Crippen LogP contribution in [0, 0.1) is 5.82 Å². The summed E-state index contributed by atoms with van der Waals surface area (Å²) in [5, 5.41) is 3.95. The fourth-order valence-corrected chi connectivity index (χ4v) is 0.963. The molecule has 0 aliphatic carbocycles. The largest absolute Gasteiger partial charge is 0.375 e. The van der Waals surface area contributed by atoms with Crippen LogP contribution in [0.4, 0.5) is 4.39 Å². The average molecular weight is 211 g/mol. The molecule has 74 valence electrons. The van der Waals surface area contributed by atoms with Gasteiger partial charge in [0.2, 0.25) is 0 Å². The van der Waals surface area contributed by atoms with Crippen molar-refractivity contribution in [3.63, 3.8) is 0 Å². The molecule has 0 spiro atoms. The minimum atomic E-state index is -0.299. The quantitative estimate of drug-likeness (QED) is 0.441. The number of hydrogen-bond acceptors (Lipinski definition) is 2. The summed E-state index contributed by atoms with van der Waals surface area (Å²) in [6.07, 6.45) is 0. The van der Waals surface area contributed by atoms with E-state index in [1.165, 1.54) is 12.1 Å². The Kier molecular flexibility index (Phi) is 3.53. The highest BCUT2D eigenvalue weighted by Crippen LogP contribution is 2.04.